The van der Waals surface area contributed by atoms with Crippen LogP contribution in [0.1, 0.15) is 43.0 Å². The normalized spacial score (nSPS) is 16.9. The first-order valence-electron chi connectivity index (χ1n) is 8.62. The Morgan fingerprint density at radius 1 is 1.12 bits per heavy atom. The molecule has 3 rings (SSSR count). The predicted molar refractivity (Wildman–Crippen MR) is 95.8 cm³/mol. The molecule has 0 aromatic heterocycles. The summed E-state index contributed by atoms with van der Waals surface area (Å²) >= 11 is 0. The molecule has 2 aromatic rings. The highest BCUT2D eigenvalue weighted by atomic mass is 19.1. The van der Waals surface area contributed by atoms with Gasteiger partial charge in [0.15, 0.2) is 0 Å². The van der Waals surface area contributed by atoms with E-state index in [2.05, 4.69) is 5.32 Å². The van der Waals surface area contributed by atoms with Crippen molar-refractivity contribution in [2.24, 2.45) is 0 Å². The van der Waals surface area contributed by atoms with Gasteiger partial charge >= 0.3 is 0 Å². The van der Waals surface area contributed by atoms with E-state index in [0.29, 0.717) is 18.5 Å². The zero-order valence-corrected chi connectivity index (χ0v) is 14.3. The van der Waals surface area contributed by atoms with Crippen molar-refractivity contribution in [3.05, 3.63) is 65.5 Å². The van der Waals surface area contributed by atoms with Gasteiger partial charge in [-0.15, -0.1) is 0 Å². The summed E-state index contributed by atoms with van der Waals surface area (Å²) < 4.78 is 12.9. The van der Waals surface area contributed by atoms with Gasteiger partial charge < -0.3 is 15.3 Å². The van der Waals surface area contributed by atoms with E-state index in [1.165, 1.54) is 12.1 Å². The van der Waals surface area contributed by atoms with E-state index in [1.54, 1.807) is 12.1 Å². The molecule has 4 nitrogen and oxygen atoms in total. The Morgan fingerprint density at radius 3 is 2.36 bits per heavy atom. The summed E-state index contributed by atoms with van der Waals surface area (Å²) in [6, 6.07) is 13.9. The van der Waals surface area contributed by atoms with E-state index >= 15 is 0 Å². The van der Waals surface area contributed by atoms with Crippen LogP contribution in [0.3, 0.4) is 0 Å². The second-order valence-corrected chi connectivity index (χ2v) is 6.44. The number of rotatable bonds is 6. The van der Waals surface area contributed by atoms with Gasteiger partial charge in [-0.05, 0) is 48.7 Å². The Balaban J connectivity index is 1.56. The Labute approximate surface area is 147 Å². The van der Waals surface area contributed by atoms with Crippen LogP contribution in [0.2, 0.25) is 0 Å². The molecule has 1 aliphatic rings. The first kappa shape index (κ1) is 17.6. The predicted octanol–water partition coefficient (Wildman–Crippen LogP) is 3.34. The summed E-state index contributed by atoms with van der Waals surface area (Å²) in [5.41, 5.74) is 2.70. The monoisotopic (exact) mass is 342 g/mol. The lowest BCUT2D eigenvalue weighted by molar-refractivity contribution is -0.117. The molecule has 1 saturated heterocycles. The lowest BCUT2D eigenvalue weighted by Crippen LogP contribution is -2.25. The van der Waals surface area contributed by atoms with Crippen LogP contribution in [-0.2, 0) is 4.79 Å². The van der Waals surface area contributed by atoms with Crippen LogP contribution in [0.4, 0.5) is 10.1 Å². The fourth-order valence-corrected chi connectivity index (χ4v) is 3.07. The molecule has 5 heteroatoms. The molecule has 0 saturated carbocycles. The maximum Gasteiger partial charge on any atom is 0.227 e. The summed E-state index contributed by atoms with van der Waals surface area (Å²) in [6.07, 6.45) is 0.852. The van der Waals surface area contributed by atoms with Crippen molar-refractivity contribution >= 4 is 11.6 Å². The molecule has 0 spiro atoms. The Hall–Kier alpha value is -2.24. The minimum atomic E-state index is -0.690. The van der Waals surface area contributed by atoms with Crippen LogP contribution in [0.15, 0.2) is 48.5 Å². The van der Waals surface area contributed by atoms with Crippen LogP contribution in [-0.4, -0.2) is 24.1 Å². The highest BCUT2D eigenvalue weighted by Crippen LogP contribution is 2.24. The van der Waals surface area contributed by atoms with Crippen LogP contribution >= 0.6 is 0 Å². The zero-order chi connectivity index (χ0) is 17.8. The molecular weight excluding hydrogens is 319 g/mol. The second-order valence-electron chi connectivity index (χ2n) is 6.44. The number of nitrogens with zero attached hydrogens (tertiary/aromatic N) is 1. The fraction of sp³-hybridized carbons (Fsp3) is 0.350. The van der Waals surface area contributed by atoms with Crippen LogP contribution in [0.5, 0.6) is 0 Å². The number of nitrogens with one attached hydrogen (secondary N) is 1. The highest BCUT2D eigenvalue weighted by Gasteiger charge is 2.21. The van der Waals surface area contributed by atoms with E-state index in [1.807, 2.05) is 36.1 Å². The first-order chi connectivity index (χ1) is 12.0. The minimum Gasteiger partial charge on any atom is -0.387 e. The molecule has 0 aliphatic carbocycles. The molecule has 25 heavy (non-hydrogen) atoms. The van der Waals surface area contributed by atoms with Gasteiger partial charge in [-0.3, -0.25) is 4.79 Å². The molecule has 132 valence electrons. The summed E-state index contributed by atoms with van der Waals surface area (Å²) in [4.78, 5) is 13.6. The zero-order valence-electron chi connectivity index (χ0n) is 14.3. The van der Waals surface area contributed by atoms with Gasteiger partial charge in [-0.1, -0.05) is 24.3 Å². The number of benzene rings is 2. The molecule has 0 bridgehead atoms. The van der Waals surface area contributed by atoms with E-state index in [9.17, 15) is 14.3 Å². The number of carbonyl (C=O) groups excluding carboxylic acids is 1. The maximum atomic E-state index is 12.9. The van der Waals surface area contributed by atoms with Crippen molar-refractivity contribution in [1.29, 1.82) is 0 Å². The largest absolute Gasteiger partial charge is 0.387 e. The number of amides is 1. The Morgan fingerprint density at radius 2 is 1.76 bits per heavy atom. The van der Waals surface area contributed by atoms with Crippen molar-refractivity contribution < 1.29 is 14.3 Å². The third-order valence-corrected chi connectivity index (χ3v) is 4.65. The van der Waals surface area contributed by atoms with E-state index in [0.717, 1.165) is 24.2 Å². The van der Waals surface area contributed by atoms with Crippen molar-refractivity contribution in [3.63, 3.8) is 0 Å². The van der Waals surface area contributed by atoms with E-state index in [-0.39, 0.29) is 17.8 Å². The van der Waals surface area contributed by atoms with Crippen molar-refractivity contribution in [2.45, 2.75) is 31.9 Å². The smallest absolute Gasteiger partial charge is 0.227 e. The summed E-state index contributed by atoms with van der Waals surface area (Å²) in [5, 5.41) is 13.5. The lowest BCUT2D eigenvalue weighted by Gasteiger charge is -2.20. The average molecular weight is 342 g/mol. The molecule has 1 heterocycles. The van der Waals surface area contributed by atoms with Crippen molar-refractivity contribution in [2.75, 3.05) is 18.0 Å². The molecule has 1 aliphatic heterocycles. The topological polar surface area (TPSA) is 52.6 Å². The SMILES string of the molecule is C[C@H](NC[C@@H](O)c1ccc(F)cc1)c1ccc(N2CCCC2=O)cc1. The molecule has 1 amide bonds. The molecule has 0 unspecified atom stereocenters. The molecule has 2 atom stereocenters. The van der Waals surface area contributed by atoms with Crippen LogP contribution < -0.4 is 10.2 Å². The summed E-state index contributed by atoms with van der Waals surface area (Å²) in [5.74, 6) is -0.129. The van der Waals surface area contributed by atoms with Gasteiger partial charge in [0, 0.05) is 31.2 Å². The molecule has 1 fully saturated rings. The average Bonchev–Trinajstić information content (AvgIpc) is 3.06. The van der Waals surface area contributed by atoms with Crippen LogP contribution in [0.25, 0.3) is 0 Å². The Bertz CT molecular complexity index is 715. The number of halogens is 1. The van der Waals surface area contributed by atoms with E-state index in [4.69, 9.17) is 0 Å². The third kappa shape index (κ3) is 4.24. The molecule has 2 aromatic carbocycles. The number of aliphatic hydroxyl groups excluding tert-OH is 1. The van der Waals surface area contributed by atoms with Crippen molar-refractivity contribution in [1.82, 2.24) is 5.32 Å². The fourth-order valence-electron chi connectivity index (χ4n) is 3.07. The van der Waals surface area contributed by atoms with Gasteiger partial charge in [-0.25, -0.2) is 4.39 Å². The second kappa shape index (κ2) is 7.76. The lowest BCUT2D eigenvalue weighted by atomic mass is 10.1. The number of carbonyl (C=O) groups is 1. The number of aliphatic hydroxyl groups is 1. The summed E-state index contributed by atoms with van der Waals surface area (Å²) in [7, 11) is 0. The van der Waals surface area contributed by atoms with Gasteiger partial charge in [0.2, 0.25) is 5.91 Å². The quantitative estimate of drug-likeness (QED) is 0.847. The van der Waals surface area contributed by atoms with Gasteiger partial charge in [0.1, 0.15) is 5.82 Å². The Kier molecular flexibility index (Phi) is 5.46. The number of hydrogen-bond acceptors (Lipinski definition) is 3. The standard InChI is InChI=1S/C20H23FN2O2/c1-14(22-13-19(24)16-4-8-17(21)9-5-16)15-6-10-18(11-7-15)23-12-2-3-20(23)25/h4-11,14,19,22,24H,2-3,12-13H2,1H3/t14-,19+/m0/s1. The number of anilines is 1. The molecule has 2 N–H and O–H groups in total. The van der Waals surface area contributed by atoms with Crippen LogP contribution in [0, 0.1) is 5.82 Å². The molecular formula is C20H23FN2O2. The van der Waals surface area contributed by atoms with Gasteiger partial charge in [-0.2, -0.15) is 0 Å². The van der Waals surface area contributed by atoms with Gasteiger partial charge in [0.05, 0.1) is 6.10 Å². The third-order valence-electron chi connectivity index (χ3n) is 4.65. The minimum absolute atomic E-state index is 0.0541. The van der Waals surface area contributed by atoms with E-state index < -0.39 is 6.10 Å². The maximum absolute atomic E-state index is 12.9. The summed E-state index contributed by atoms with van der Waals surface area (Å²) in [6.45, 7) is 3.18. The van der Waals surface area contributed by atoms with Crippen molar-refractivity contribution in [3.8, 4) is 0 Å². The molecule has 0 radical (unpaired) electrons. The highest BCUT2D eigenvalue weighted by molar-refractivity contribution is 5.95. The number of hydrogen-bond donors (Lipinski definition) is 2. The first-order valence-corrected chi connectivity index (χ1v) is 8.62. The van der Waals surface area contributed by atoms with Gasteiger partial charge in [0.25, 0.3) is 0 Å².